The second-order valence-corrected chi connectivity index (χ2v) is 4.21. The Balaban J connectivity index is 0.000000385. The molecule has 92 valence electrons. The number of benzene rings is 1. The Morgan fingerprint density at radius 3 is 2.06 bits per heavy atom. The molecule has 0 aliphatic carbocycles. The quantitative estimate of drug-likeness (QED) is 0.540. The zero-order chi connectivity index (χ0) is 12.4. The first-order chi connectivity index (χ1) is 7.43. The summed E-state index contributed by atoms with van der Waals surface area (Å²) in [6, 6.07) is 10.4. The third kappa shape index (κ3) is 13.1. The number of hydrogen-bond donors (Lipinski definition) is 3. The van der Waals surface area contributed by atoms with Gasteiger partial charge >= 0.3 is 10.3 Å². The molecule has 0 fully saturated rings. The molecular formula is C10H17NO4S. The predicted molar refractivity (Wildman–Crippen MR) is 62.2 cm³/mol. The monoisotopic (exact) mass is 247 g/mol. The number of unbranched alkanes of at least 4 members (excludes halogenated alkanes) is 1. The van der Waals surface area contributed by atoms with E-state index in [2.05, 4.69) is 17.3 Å². The first kappa shape index (κ1) is 15.0. The lowest BCUT2D eigenvalue weighted by molar-refractivity contribution is 0.284. The molecule has 0 amide bonds. The van der Waals surface area contributed by atoms with Crippen molar-refractivity contribution in [1.29, 1.82) is 0 Å². The van der Waals surface area contributed by atoms with Crippen molar-refractivity contribution in [3.05, 3.63) is 35.9 Å². The van der Waals surface area contributed by atoms with Gasteiger partial charge in [0.05, 0.1) is 0 Å². The number of rotatable bonds is 4. The normalized spacial score (nSPS) is 10.4. The number of hydrogen-bond acceptors (Lipinski definition) is 3. The molecule has 0 atom stereocenters. The molecule has 0 saturated heterocycles. The van der Waals surface area contributed by atoms with Gasteiger partial charge in [0.2, 0.25) is 0 Å². The van der Waals surface area contributed by atoms with Gasteiger partial charge in [0.15, 0.2) is 0 Å². The van der Waals surface area contributed by atoms with Gasteiger partial charge in [-0.25, -0.2) is 5.14 Å². The summed E-state index contributed by atoms with van der Waals surface area (Å²) in [5, 5.41) is 12.4. The zero-order valence-electron chi connectivity index (χ0n) is 8.91. The summed E-state index contributed by atoms with van der Waals surface area (Å²) in [5.74, 6) is 0. The molecule has 16 heavy (non-hydrogen) atoms. The Morgan fingerprint density at radius 2 is 1.62 bits per heavy atom. The van der Waals surface area contributed by atoms with E-state index in [-0.39, 0.29) is 0 Å². The van der Waals surface area contributed by atoms with Crippen molar-refractivity contribution in [2.24, 2.45) is 5.14 Å². The van der Waals surface area contributed by atoms with Crippen LogP contribution in [0.25, 0.3) is 0 Å². The molecule has 6 heteroatoms. The average molecular weight is 247 g/mol. The van der Waals surface area contributed by atoms with Crippen LogP contribution in [0, 0.1) is 0 Å². The van der Waals surface area contributed by atoms with Crippen molar-refractivity contribution in [3.63, 3.8) is 0 Å². The highest BCUT2D eigenvalue weighted by Gasteiger charge is 1.89. The van der Waals surface area contributed by atoms with E-state index in [4.69, 9.17) is 18.1 Å². The van der Waals surface area contributed by atoms with Crippen LogP contribution in [0.2, 0.25) is 0 Å². The van der Waals surface area contributed by atoms with Gasteiger partial charge in [0, 0.05) is 6.61 Å². The summed E-state index contributed by atoms with van der Waals surface area (Å²) >= 11 is 0. The summed E-state index contributed by atoms with van der Waals surface area (Å²) < 4.78 is 25.2. The van der Waals surface area contributed by atoms with Crippen molar-refractivity contribution in [3.8, 4) is 0 Å². The highest BCUT2D eigenvalue weighted by molar-refractivity contribution is 7.83. The minimum atomic E-state index is -4.17. The molecule has 0 aliphatic rings. The minimum absolute atomic E-state index is 0.312. The molecule has 0 radical (unpaired) electrons. The van der Waals surface area contributed by atoms with E-state index in [0.29, 0.717) is 6.61 Å². The summed E-state index contributed by atoms with van der Waals surface area (Å²) in [5.41, 5.74) is 1.36. The van der Waals surface area contributed by atoms with Crippen LogP contribution in [0.4, 0.5) is 0 Å². The topological polar surface area (TPSA) is 101 Å². The lowest BCUT2D eigenvalue weighted by atomic mass is 10.1. The van der Waals surface area contributed by atoms with Gasteiger partial charge in [0.1, 0.15) is 0 Å². The fourth-order valence-corrected chi connectivity index (χ4v) is 1.09. The molecule has 1 rings (SSSR count). The van der Waals surface area contributed by atoms with Gasteiger partial charge in [0.25, 0.3) is 0 Å². The number of aliphatic hydroxyl groups excluding tert-OH is 1. The SMILES string of the molecule is NS(=O)(=O)O.OCCCCc1ccccc1. The maximum atomic E-state index is 8.97. The van der Waals surface area contributed by atoms with Crippen molar-refractivity contribution in [2.45, 2.75) is 19.3 Å². The molecule has 0 heterocycles. The van der Waals surface area contributed by atoms with Gasteiger partial charge in [-0.15, -0.1) is 0 Å². The van der Waals surface area contributed by atoms with Crippen molar-refractivity contribution < 1.29 is 18.1 Å². The Bertz CT molecular complexity index is 356. The van der Waals surface area contributed by atoms with Gasteiger partial charge in [-0.1, -0.05) is 30.3 Å². The zero-order valence-corrected chi connectivity index (χ0v) is 9.73. The van der Waals surface area contributed by atoms with Crippen LogP contribution in [0.3, 0.4) is 0 Å². The van der Waals surface area contributed by atoms with E-state index in [0.717, 1.165) is 19.3 Å². The highest BCUT2D eigenvalue weighted by atomic mass is 32.2. The summed E-state index contributed by atoms with van der Waals surface area (Å²) in [4.78, 5) is 0. The second-order valence-electron chi connectivity index (χ2n) is 3.18. The Morgan fingerprint density at radius 1 is 1.12 bits per heavy atom. The van der Waals surface area contributed by atoms with E-state index in [1.54, 1.807) is 0 Å². The van der Waals surface area contributed by atoms with Crippen LogP contribution in [-0.2, 0) is 16.7 Å². The van der Waals surface area contributed by atoms with Crippen LogP contribution < -0.4 is 5.14 Å². The molecule has 1 aromatic carbocycles. The standard InChI is InChI=1S/C10H14O.H3NO3S/c11-9-5-4-8-10-6-2-1-3-7-10;1-5(2,3)4/h1-3,6-7,11H,4-5,8-9H2;(H3,1,2,3,4). The molecule has 0 unspecified atom stereocenters. The third-order valence-corrected chi connectivity index (χ3v) is 1.72. The fourth-order valence-electron chi connectivity index (χ4n) is 1.09. The molecule has 1 aromatic rings. The largest absolute Gasteiger partial charge is 0.396 e. The Hall–Kier alpha value is -0.950. The van der Waals surface area contributed by atoms with Gasteiger partial charge in [-0.2, -0.15) is 8.42 Å². The number of aliphatic hydroxyl groups is 1. The maximum absolute atomic E-state index is 8.97. The highest BCUT2D eigenvalue weighted by Crippen LogP contribution is 2.03. The molecule has 0 saturated carbocycles. The molecule has 0 aliphatic heterocycles. The van der Waals surface area contributed by atoms with E-state index in [9.17, 15) is 0 Å². The molecule has 0 aromatic heterocycles. The smallest absolute Gasteiger partial charge is 0.330 e. The first-order valence-electron chi connectivity index (χ1n) is 4.83. The van der Waals surface area contributed by atoms with Gasteiger partial charge < -0.3 is 5.11 Å². The molecule has 4 N–H and O–H groups in total. The Labute approximate surface area is 95.8 Å². The van der Waals surface area contributed by atoms with E-state index in [1.807, 2.05) is 18.2 Å². The van der Waals surface area contributed by atoms with E-state index < -0.39 is 10.3 Å². The van der Waals surface area contributed by atoms with E-state index >= 15 is 0 Å². The molecular weight excluding hydrogens is 230 g/mol. The lowest BCUT2D eigenvalue weighted by Gasteiger charge is -1.97. The van der Waals surface area contributed by atoms with Gasteiger partial charge in [-0.05, 0) is 24.8 Å². The predicted octanol–water partition coefficient (Wildman–Crippen LogP) is 0.749. The number of nitrogens with two attached hydrogens (primary N) is 1. The van der Waals surface area contributed by atoms with Crippen molar-refractivity contribution in [1.82, 2.24) is 0 Å². The summed E-state index contributed by atoms with van der Waals surface area (Å²) in [7, 11) is -4.17. The average Bonchev–Trinajstić information content (AvgIpc) is 2.17. The van der Waals surface area contributed by atoms with Crippen LogP contribution in [-0.4, -0.2) is 24.7 Å². The third-order valence-electron chi connectivity index (χ3n) is 1.72. The lowest BCUT2D eigenvalue weighted by Crippen LogP contribution is -2.08. The molecule has 0 bridgehead atoms. The number of aryl methyl sites for hydroxylation is 1. The van der Waals surface area contributed by atoms with Gasteiger partial charge in [-0.3, -0.25) is 4.55 Å². The van der Waals surface area contributed by atoms with Crippen LogP contribution >= 0.6 is 0 Å². The molecule has 5 nitrogen and oxygen atoms in total. The van der Waals surface area contributed by atoms with Crippen molar-refractivity contribution >= 4 is 10.3 Å². The second kappa shape index (κ2) is 8.23. The minimum Gasteiger partial charge on any atom is -0.396 e. The summed E-state index contributed by atoms with van der Waals surface area (Å²) in [6.07, 6.45) is 3.08. The van der Waals surface area contributed by atoms with Crippen molar-refractivity contribution in [2.75, 3.05) is 6.61 Å². The Kier molecular flexibility index (Phi) is 7.74. The first-order valence-corrected chi connectivity index (χ1v) is 6.34. The fraction of sp³-hybridized carbons (Fsp3) is 0.400. The van der Waals surface area contributed by atoms with Crippen LogP contribution in [0.1, 0.15) is 18.4 Å². The maximum Gasteiger partial charge on any atom is 0.330 e. The summed E-state index contributed by atoms with van der Waals surface area (Å²) in [6.45, 7) is 0.312. The van der Waals surface area contributed by atoms with Crippen LogP contribution in [0.15, 0.2) is 30.3 Å². The van der Waals surface area contributed by atoms with E-state index in [1.165, 1.54) is 5.56 Å². The molecule has 0 spiro atoms. The van der Waals surface area contributed by atoms with Crippen LogP contribution in [0.5, 0.6) is 0 Å².